The molecule has 0 saturated carbocycles. The maximum absolute atomic E-state index is 13.0. The minimum Gasteiger partial charge on any atom is -0.415 e. The third-order valence-electron chi connectivity index (χ3n) is 1.91. The molecular formula is C8F8O4S. The van der Waals surface area contributed by atoms with E-state index in [1.54, 1.807) is 0 Å². The standard InChI is InChI=1S/C8F8O4S/c9-1-2(10)4(12)6(5(13)3(1)11)20-7(17)8(14,15)21(16,18)19. The van der Waals surface area contributed by atoms with Gasteiger partial charge in [-0.05, 0) is 0 Å². The predicted molar refractivity (Wildman–Crippen MR) is 46.8 cm³/mol. The summed E-state index contributed by atoms with van der Waals surface area (Å²) in [6.07, 6.45) is 0. The van der Waals surface area contributed by atoms with Crippen LogP contribution in [-0.2, 0) is 15.0 Å². The first kappa shape index (κ1) is 17.1. The van der Waals surface area contributed by atoms with E-state index in [0.717, 1.165) is 0 Å². The van der Waals surface area contributed by atoms with Crippen LogP contribution in [0.1, 0.15) is 0 Å². The van der Waals surface area contributed by atoms with Crippen molar-refractivity contribution in [3.8, 4) is 5.75 Å². The molecule has 0 fully saturated rings. The van der Waals surface area contributed by atoms with Crippen LogP contribution in [0, 0.1) is 29.1 Å². The van der Waals surface area contributed by atoms with Crippen molar-refractivity contribution >= 4 is 16.2 Å². The molecule has 13 heteroatoms. The van der Waals surface area contributed by atoms with E-state index in [0.29, 0.717) is 0 Å². The van der Waals surface area contributed by atoms with Gasteiger partial charge in [0.25, 0.3) is 0 Å². The van der Waals surface area contributed by atoms with Gasteiger partial charge in [-0.25, -0.2) is 18.0 Å². The second-order valence-corrected chi connectivity index (χ2v) is 4.63. The minimum atomic E-state index is -6.89. The Bertz CT molecular complexity index is 684. The average Bonchev–Trinajstić information content (AvgIpc) is 2.37. The monoisotopic (exact) mass is 344 g/mol. The summed E-state index contributed by atoms with van der Waals surface area (Å²) in [5, 5.41) is -5.91. The molecule has 0 aliphatic rings. The zero-order valence-electron chi connectivity index (χ0n) is 9.06. The molecule has 0 heterocycles. The van der Waals surface area contributed by atoms with Crippen molar-refractivity contribution in [2.45, 2.75) is 5.25 Å². The van der Waals surface area contributed by atoms with E-state index in [2.05, 4.69) is 4.74 Å². The van der Waals surface area contributed by atoms with Crippen LogP contribution in [0.5, 0.6) is 5.75 Å². The van der Waals surface area contributed by atoms with Crippen molar-refractivity contribution in [3.05, 3.63) is 29.1 Å². The van der Waals surface area contributed by atoms with Crippen molar-refractivity contribution in [3.63, 3.8) is 0 Å². The third kappa shape index (κ3) is 2.77. The van der Waals surface area contributed by atoms with Crippen LogP contribution in [0.2, 0.25) is 0 Å². The fraction of sp³-hybridized carbons (Fsp3) is 0.125. The number of alkyl halides is 2. The quantitative estimate of drug-likeness (QED) is 0.211. The van der Waals surface area contributed by atoms with Gasteiger partial charge in [0, 0.05) is 0 Å². The highest BCUT2D eigenvalue weighted by molar-refractivity contribution is 7.88. The van der Waals surface area contributed by atoms with E-state index in [4.69, 9.17) is 0 Å². The molecule has 0 radical (unpaired) electrons. The first-order chi connectivity index (χ1) is 9.32. The number of ether oxygens (including phenoxy) is 1. The number of hydrogen-bond acceptors (Lipinski definition) is 4. The zero-order chi connectivity index (χ0) is 16.7. The van der Waals surface area contributed by atoms with Crippen LogP contribution in [0.3, 0.4) is 0 Å². The summed E-state index contributed by atoms with van der Waals surface area (Å²) in [6, 6.07) is 0. The Balaban J connectivity index is 3.37. The van der Waals surface area contributed by atoms with Gasteiger partial charge in [-0.2, -0.15) is 26.0 Å². The highest BCUT2D eigenvalue weighted by atomic mass is 32.3. The third-order valence-corrected chi connectivity index (χ3v) is 2.69. The van der Waals surface area contributed by atoms with Crippen LogP contribution < -0.4 is 4.74 Å². The number of rotatable bonds is 3. The Hall–Kier alpha value is -1.92. The number of benzene rings is 1. The van der Waals surface area contributed by atoms with Crippen LogP contribution in [0.25, 0.3) is 0 Å². The summed E-state index contributed by atoms with van der Waals surface area (Å²) >= 11 is 0. The van der Waals surface area contributed by atoms with Crippen LogP contribution in [0.15, 0.2) is 0 Å². The van der Waals surface area contributed by atoms with Crippen molar-refractivity contribution in [2.24, 2.45) is 0 Å². The van der Waals surface area contributed by atoms with Gasteiger partial charge in [-0.3, -0.25) is 0 Å². The lowest BCUT2D eigenvalue weighted by Gasteiger charge is -2.12. The lowest BCUT2D eigenvalue weighted by Crippen LogP contribution is -2.39. The smallest absolute Gasteiger partial charge is 0.415 e. The molecule has 0 bridgehead atoms. The van der Waals surface area contributed by atoms with E-state index in [1.807, 2.05) is 0 Å². The molecule has 0 saturated heterocycles. The number of esters is 1. The summed E-state index contributed by atoms with van der Waals surface area (Å²) < 4.78 is 124. The molecule has 118 valence electrons. The van der Waals surface area contributed by atoms with Crippen LogP contribution in [0.4, 0.5) is 34.6 Å². The maximum Gasteiger partial charge on any atom is 0.470 e. The predicted octanol–water partition coefficient (Wildman–Crippen LogP) is 2.18. The first-order valence-electron chi connectivity index (χ1n) is 4.38. The Morgan fingerprint density at radius 1 is 0.857 bits per heavy atom. The molecule has 0 N–H and O–H groups in total. The zero-order valence-corrected chi connectivity index (χ0v) is 9.88. The van der Waals surface area contributed by atoms with Crippen molar-refractivity contribution in [1.29, 1.82) is 0 Å². The van der Waals surface area contributed by atoms with Gasteiger partial charge >= 0.3 is 21.4 Å². The Kier molecular flexibility index (Phi) is 4.18. The van der Waals surface area contributed by atoms with E-state index >= 15 is 0 Å². The first-order valence-corrected chi connectivity index (χ1v) is 5.76. The second kappa shape index (κ2) is 5.13. The second-order valence-electron chi connectivity index (χ2n) is 3.24. The Labute approximate surface area is 110 Å². The molecule has 0 aliphatic heterocycles. The van der Waals surface area contributed by atoms with Crippen molar-refractivity contribution < 1.29 is 52.6 Å². The molecule has 0 atom stereocenters. The summed E-state index contributed by atoms with van der Waals surface area (Å²) in [5.74, 6) is -19.5. The van der Waals surface area contributed by atoms with Crippen LogP contribution >= 0.6 is 0 Å². The van der Waals surface area contributed by atoms with Gasteiger partial charge in [0.15, 0.2) is 0 Å². The van der Waals surface area contributed by atoms with Gasteiger partial charge < -0.3 is 4.74 Å². The summed E-state index contributed by atoms with van der Waals surface area (Å²) in [7, 11) is -6.89. The SMILES string of the molecule is O=C(Oc1c(F)c(F)c(F)c(F)c1F)C(F)(F)S(=O)(=O)F. The Morgan fingerprint density at radius 3 is 1.52 bits per heavy atom. The fourth-order valence-electron chi connectivity index (χ4n) is 0.926. The number of hydrogen-bond donors (Lipinski definition) is 0. The molecule has 1 aromatic carbocycles. The van der Waals surface area contributed by atoms with E-state index in [9.17, 15) is 47.8 Å². The number of carbonyl (C=O) groups is 1. The largest absolute Gasteiger partial charge is 0.470 e. The number of carbonyl (C=O) groups excluding carboxylic acids is 1. The molecule has 21 heavy (non-hydrogen) atoms. The molecule has 0 amide bonds. The lowest BCUT2D eigenvalue weighted by atomic mass is 10.2. The molecule has 0 aliphatic carbocycles. The molecule has 0 unspecified atom stereocenters. The molecule has 0 spiro atoms. The highest BCUT2D eigenvalue weighted by Crippen LogP contribution is 2.32. The fourth-order valence-corrected chi connectivity index (χ4v) is 1.17. The Morgan fingerprint density at radius 2 is 1.19 bits per heavy atom. The average molecular weight is 344 g/mol. The summed E-state index contributed by atoms with van der Waals surface area (Å²) in [4.78, 5) is 10.6. The van der Waals surface area contributed by atoms with Crippen LogP contribution in [-0.4, -0.2) is 19.6 Å². The topological polar surface area (TPSA) is 60.4 Å². The minimum absolute atomic E-state index is 2.50. The maximum atomic E-state index is 13.0. The van der Waals surface area contributed by atoms with Gasteiger partial charge in [-0.15, -0.1) is 0 Å². The molecule has 1 aromatic rings. The number of halogens is 8. The summed E-state index contributed by atoms with van der Waals surface area (Å²) in [6.45, 7) is 0. The summed E-state index contributed by atoms with van der Waals surface area (Å²) in [5.41, 5.74) is 0. The normalized spacial score (nSPS) is 12.4. The molecule has 1 rings (SSSR count). The van der Waals surface area contributed by atoms with E-state index in [-0.39, 0.29) is 0 Å². The van der Waals surface area contributed by atoms with Crippen molar-refractivity contribution in [2.75, 3.05) is 0 Å². The van der Waals surface area contributed by atoms with Crippen molar-refractivity contribution in [1.82, 2.24) is 0 Å². The van der Waals surface area contributed by atoms with Gasteiger partial charge in [0.1, 0.15) is 0 Å². The lowest BCUT2D eigenvalue weighted by molar-refractivity contribution is -0.151. The highest BCUT2D eigenvalue weighted by Gasteiger charge is 2.56. The molecule has 0 aromatic heterocycles. The van der Waals surface area contributed by atoms with Gasteiger partial charge in [0.2, 0.25) is 34.8 Å². The van der Waals surface area contributed by atoms with E-state index in [1.165, 1.54) is 0 Å². The van der Waals surface area contributed by atoms with Gasteiger partial charge in [0.05, 0.1) is 0 Å². The molecular weight excluding hydrogens is 344 g/mol. The van der Waals surface area contributed by atoms with E-state index < -0.39 is 56.3 Å². The van der Waals surface area contributed by atoms with Gasteiger partial charge in [-0.1, -0.05) is 3.89 Å². The molecule has 4 nitrogen and oxygen atoms in total.